The minimum absolute atomic E-state index is 0.145. The highest BCUT2D eigenvalue weighted by molar-refractivity contribution is 5.87. The van der Waals surface area contributed by atoms with E-state index in [2.05, 4.69) is 0 Å². The van der Waals surface area contributed by atoms with Crippen LogP contribution in [0.5, 0.6) is 0 Å². The van der Waals surface area contributed by atoms with Gasteiger partial charge in [-0.3, -0.25) is 4.79 Å². The van der Waals surface area contributed by atoms with Gasteiger partial charge in [-0.1, -0.05) is 0 Å². The average molecular weight is 251 g/mol. The second-order valence-electron chi connectivity index (χ2n) is 4.53. The normalized spacial score (nSPS) is 19.0. The van der Waals surface area contributed by atoms with Gasteiger partial charge in [0.15, 0.2) is 0 Å². The van der Waals surface area contributed by atoms with Gasteiger partial charge in [-0.25, -0.2) is 4.79 Å². The zero-order valence-electron chi connectivity index (χ0n) is 10.2. The van der Waals surface area contributed by atoms with Crippen LogP contribution >= 0.6 is 0 Å². The summed E-state index contributed by atoms with van der Waals surface area (Å²) in [5.74, 6) is -1.01. The predicted octanol–water partition coefficient (Wildman–Crippen LogP) is 1.51. The van der Waals surface area contributed by atoms with Crippen LogP contribution in [0.1, 0.15) is 36.0 Å². The molecule has 1 aromatic rings. The minimum Gasteiger partial charge on any atom is -0.478 e. The zero-order valence-corrected chi connectivity index (χ0v) is 10.2. The van der Waals surface area contributed by atoms with E-state index in [0.717, 1.165) is 32.3 Å². The summed E-state index contributed by atoms with van der Waals surface area (Å²) in [5.41, 5.74) is -0.0148. The Bertz CT molecular complexity index is 474. The Morgan fingerprint density at radius 3 is 3.00 bits per heavy atom. The lowest BCUT2D eigenvalue weighted by molar-refractivity contribution is 0.0695. The molecule has 1 aliphatic heterocycles. The third-order valence-electron chi connectivity index (χ3n) is 3.18. The first-order chi connectivity index (χ1) is 8.66. The van der Waals surface area contributed by atoms with E-state index in [1.54, 1.807) is 0 Å². The van der Waals surface area contributed by atoms with E-state index in [0.29, 0.717) is 12.6 Å². The van der Waals surface area contributed by atoms with Crippen LogP contribution in [0.15, 0.2) is 23.1 Å². The minimum atomic E-state index is -1.01. The van der Waals surface area contributed by atoms with Crippen LogP contribution in [0.4, 0.5) is 0 Å². The SMILES string of the molecule is O=C(O)c1ccc(=O)n(CCCC2CCCO2)c1. The molecule has 0 amide bonds. The van der Waals surface area contributed by atoms with Crippen molar-refractivity contribution in [3.63, 3.8) is 0 Å². The molecule has 2 heterocycles. The van der Waals surface area contributed by atoms with Crippen molar-refractivity contribution in [2.75, 3.05) is 6.61 Å². The maximum absolute atomic E-state index is 11.6. The number of aryl methyl sites for hydroxylation is 1. The van der Waals surface area contributed by atoms with Crippen molar-refractivity contribution in [1.82, 2.24) is 4.57 Å². The monoisotopic (exact) mass is 251 g/mol. The summed E-state index contributed by atoms with van der Waals surface area (Å²) in [6.07, 6.45) is 5.66. The van der Waals surface area contributed by atoms with E-state index in [9.17, 15) is 9.59 Å². The highest BCUT2D eigenvalue weighted by Gasteiger charge is 2.14. The summed E-state index contributed by atoms with van der Waals surface area (Å²) in [4.78, 5) is 22.4. The molecular weight excluding hydrogens is 234 g/mol. The molecule has 0 radical (unpaired) electrons. The van der Waals surface area contributed by atoms with Gasteiger partial charge in [-0.2, -0.15) is 0 Å². The first-order valence-corrected chi connectivity index (χ1v) is 6.22. The lowest BCUT2D eigenvalue weighted by Gasteiger charge is -2.10. The van der Waals surface area contributed by atoms with Crippen LogP contribution in [0.3, 0.4) is 0 Å². The number of pyridine rings is 1. The van der Waals surface area contributed by atoms with E-state index < -0.39 is 5.97 Å². The van der Waals surface area contributed by atoms with Crippen LogP contribution in [-0.2, 0) is 11.3 Å². The summed E-state index contributed by atoms with van der Waals surface area (Å²) in [6, 6.07) is 2.64. The third-order valence-corrected chi connectivity index (χ3v) is 3.18. The molecule has 0 saturated carbocycles. The van der Waals surface area contributed by atoms with Crippen molar-refractivity contribution in [3.8, 4) is 0 Å². The fourth-order valence-corrected chi connectivity index (χ4v) is 2.19. The Kier molecular flexibility index (Phi) is 4.15. The van der Waals surface area contributed by atoms with Crippen LogP contribution in [0.2, 0.25) is 0 Å². The molecule has 18 heavy (non-hydrogen) atoms. The number of hydrogen-bond donors (Lipinski definition) is 1. The van der Waals surface area contributed by atoms with Crippen molar-refractivity contribution in [3.05, 3.63) is 34.2 Å². The molecule has 1 atom stereocenters. The van der Waals surface area contributed by atoms with E-state index in [1.165, 1.54) is 22.9 Å². The Labute approximate surface area is 105 Å². The van der Waals surface area contributed by atoms with E-state index in [-0.39, 0.29) is 11.1 Å². The molecule has 1 fully saturated rings. The average Bonchev–Trinajstić information content (AvgIpc) is 2.84. The molecule has 0 spiro atoms. The van der Waals surface area contributed by atoms with Gasteiger partial charge < -0.3 is 14.4 Å². The van der Waals surface area contributed by atoms with Crippen molar-refractivity contribution in [2.45, 2.75) is 38.3 Å². The highest BCUT2D eigenvalue weighted by atomic mass is 16.5. The molecular formula is C13H17NO4. The highest BCUT2D eigenvalue weighted by Crippen LogP contribution is 2.16. The molecule has 5 heteroatoms. The molecule has 0 bridgehead atoms. The Balaban J connectivity index is 1.93. The number of hydrogen-bond acceptors (Lipinski definition) is 3. The molecule has 1 unspecified atom stereocenters. The molecule has 1 aromatic heterocycles. The van der Waals surface area contributed by atoms with Crippen molar-refractivity contribution in [1.29, 1.82) is 0 Å². The van der Waals surface area contributed by atoms with Crippen molar-refractivity contribution in [2.24, 2.45) is 0 Å². The maximum Gasteiger partial charge on any atom is 0.337 e. The summed E-state index contributed by atoms with van der Waals surface area (Å²) in [5, 5.41) is 8.86. The third kappa shape index (κ3) is 3.20. The number of aromatic nitrogens is 1. The zero-order chi connectivity index (χ0) is 13.0. The number of ether oxygens (including phenoxy) is 1. The van der Waals surface area contributed by atoms with Gasteiger partial charge in [0.2, 0.25) is 0 Å². The van der Waals surface area contributed by atoms with Gasteiger partial charge >= 0.3 is 5.97 Å². The van der Waals surface area contributed by atoms with Gasteiger partial charge in [0.1, 0.15) is 0 Å². The standard InChI is InChI=1S/C13H17NO4/c15-12-6-5-10(13(16)17)9-14(12)7-1-3-11-4-2-8-18-11/h5-6,9,11H,1-4,7-8H2,(H,16,17). The van der Waals surface area contributed by atoms with Crippen LogP contribution in [0.25, 0.3) is 0 Å². The Morgan fingerprint density at radius 1 is 1.50 bits per heavy atom. The summed E-state index contributed by atoms with van der Waals surface area (Å²) < 4.78 is 6.96. The molecule has 0 aliphatic carbocycles. The summed E-state index contributed by atoms with van der Waals surface area (Å²) >= 11 is 0. The molecule has 98 valence electrons. The molecule has 1 aliphatic rings. The van der Waals surface area contributed by atoms with Gasteiger partial charge in [0, 0.05) is 25.4 Å². The Hall–Kier alpha value is -1.62. The molecule has 5 nitrogen and oxygen atoms in total. The predicted molar refractivity (Wildman–Crippen MR) is 65.9 cm³/mol. The lowest BCUT2D eigenvalue weighted by Crippen LogP contribution is -2.21. The smallest absolute Gasteiger partial charge is 0.337 e. The van der Waals surface area contributed by atoms with Crippen LogP contribution in [-0.4, -0.2) is 28.4 Å². The number of aromatic carboxylic acids is 1. The fourth-order valence-electron chi connectivity index (χ4n) is 2.19. The van der Waals surface area contributed by atoms with Crippen LogP contribution < -0.4 is 5.56 Å². The molecule has 0 aromatic carbocycles. The van der Waals surface area contributed by atoms with E-state index in [1.807, 2.05) is 0 Å². The van der Waals surface area contributed by atoms with Gasteiger partial charge in [0.25, 0.3) is 5.56 Å². The molecule has 1 N–H and O–H groups in total. The second kappa shape index (κ2) is 5.82. The first kappa shape index (κ1) is 12.8. The number of nitrogens with zero attached hydrogens (tertiary/aromatic N) is 1. The fraction of sp³-hybridized carbons (Fsp3) is 0.538. The number of carbonyl (C=O) groups is 1. The van der Waals surface area contributed by atoms with Gasteiger partial charge in [0.05, 0.1) is 11.7 Å². The Morgan fingerprint density at radius 2 is 2.33 bits per heavy atom. The molecule has 2 rings (SSSR count). The number of carboxylic acids is 1. The van der Waals surface area contributed by atoms with Crippen molar-refractivity contribution >= 4 is 5.97 Å². The molecule has 1 saturated heterocycles. The summed E-state index contributed by atoms with van der Waals surface area (Å²) in [7, 11) is 0. The first-order valence-electron chi connectivity index (χ1n) is 6.22. The van der Waals surface area contributed by atoms with E-state index >= 15 is 0 Å². The van der Waals surface area contributed by atoms with Gasteiger partial charge in [-0.05, 0) is 31.7 Å². The number of carboxylic acid groups (broad SMARTS) is 1. The van der Waals surface area contributed by atoms with Gasteiger partial charge in [-0.15, -0.1) is 0 Å². The lowest BCUT2D eigenvalue weighted by atomic mass is 10.1. The quantitative estimate of drug-likeness (QED) is 0.861. The second-order valence-corrected chi connectivity index (χ2v) is 4.53. The maximum atomic E-state index is 11.6. The van der Waals surface area contributed by atoms with Crippen LogP contribution in [0, 0.1) is 0 Å². The van der Waals surface area contributed by atoms with E-state index in [4.69, 9.17) is 9.84 Å². The topological polar surface area (TPSA) is 68.5 Å². The largest absolute Gasteiger partial charge is 0.478 e. The summed E-state index contributed by atoms with van der Waals surface area (Å²) in [6.45, 7) is 1.37. The van der Waals surface area contributed by atoms with Crippen molar-refractivity contribution < 1.29 is 14.6 Å². The number of rotatable bonds is 5.